The first-order valence-electron chi connectivity index (χ1n) is 3.73. The number of rotatable bonds is 0. The van der Waals surface area contributed by atoms with E-state index >= 15 is 0 Å². The lowest BCUT2D eigenvalue weighted by molar-refractivity contribution is 0.0130. The predicted octanol–water partition coefficient (Wildman–Crippen LogP) is 3.07. The molecule has 0 unspecified atom stereocenters. The van der Waals surface area contributed by atoms with Crippen LogP contribution in [-0.2, 0) is 12.8 Å². The fourth-order valence-electron chi connectivity index (χ4n) is 1.57. The molecule has 64 valence electrons. The van der Waals surface area contributed by atoms with Crippen molar-refractivity contribution >= 4 is 11.6 Å². The van der Waals surface area contributed by atoms with E-state index < -0.39 is 5.92 Å². The van der Waals surface area contributed by atoms with E-state index in [1.54, 1.807) is 18.2 Å². The Bertz CT molecular complexity index is 320. The maximum Gasteiger partial charge on any atom is 0.256 e. The highest BCUT2D eigenvalue weighted by atomic mass is 35.5. The molecule has 1 aliphatic carbocycles. The smallest absolute Gasteiger partial charge is 0.206 e. The molecule has 0 amide bonds. The Hall–Kier alpha value is -0.630. The van der Waals surface area contributed by atoms with Crippen LogP contribution < -0.4 is 0 Å². The summed E-state index contributed by atoms with van der Waals surface area (Å²) in [6.45, 7) is 0. The summed E-state index contributed by atoms with van der Waals surface area (Å²) in [5.41, 5.74) is 1.30. The molecule has 0 radical (unpaired) electrons. The van der Waals surface area contributed by atoms with Crippen molar-refractivity contribution in [1.82, 2.24) is 0 Å². The van der Waals surface area contributed by atoms with Gasteiger partial charge in [0.15, 0.2) is 0 Å². The molecular weight excluding hydrogens is 182 g/mol. The Morgan fingerprint density at radius 1 is 1.25 bits per heavy atom. The van der Waals surface area contributed by atoms with E-state index in [9.17, 15) is 8.78 Å². The zero-order valence-electron chi connectivity index (χ0n) is 6.28. The number of hydrogen-bond acceptors (Lipinski definition) is 0. The minimum atomic E-state index is -2.59. The van der Waals surface area contributed by atoms with Crippen molar-refractivity contribution < 1.29 is 8.78 Å². The predicted molar refractivity (Wildman–Crippen MR) is 43.8 cm³/mol. The van der Waals surface area contributed by atoms with Crippen LogP contribution in [-0.4, -0.2) is 5.92 Å². The number of hydrogen-bond donors (Lipinski definition) is 0. The van der Waals surface area contributed by atoms with Gasteiger partial charge in [0, 0.05) is 17.9 Å². The Morgan fingerprint density at radius 3 is 2.67 bits per heavy atom. The van der Waals surface area contributed by atoms with Gasteiger partial charge in [-0.1, -0.05) is 23.7 Å². The molecular formula is C9H7ClF2. The van der Waals surface area contributed by atoms with Crippen molar-refractivity contribution in [1.29, 1.82) is 0 Å². The average molecular weight is 189 g/mol. The summed E-state index contributed by atoms with van der Waals surface area (Å²) in [6.07, 6.45) is -0.370. The second-order valence-electron chi connectivity index (χ2n) is 3.09. The highest BCUT2D eigenvalue weighted by Gasteiger charge is 2.38. The van der Waals surface area contributed by atoms with Crippen molar-refractivity contribution in [3.8, 4) is 0 Å². The van der Waals surface area contributed by atoms with Gasteiger partial charge in [0.2, 0.25) is 0 Å². The first kappa shape index (κ1) is 7.99. The molecule has 0 aromatic heterocycles. The van der Waals surface area contributed by atoms with Crippen LogP contribution in [0.1, 0.15) is 11.1 Å². The lowest BCUT2D eigenvalue weighted by atomic mass is 10.1. The van der Waals surface area contributed by atoms with Gasteiger partial charge in [-0.2, -0.15) is 0 Å². The van der Waals surface area contributed by atoms with Crippen LogP contribution in [0.2, 0.25) is 5.02 Å². The molecule has 0 saturated carbocycles. The SMILES string of the molecule is FC1(F)Cc2cccc(Cl)c2C1. The molecule has 0 spiro atoms. The molecule has 12 heavy (non-hydrogen) atoms. The molecule has 0 aliphatic heterocycles. The van der Waals surface area contributed by atoms with E-state index in [1.807, 2.05) is 0 Å². The maximum absolute atomic E-state index is 12.9. The van der Waals surface area contributed by atoms with Crippen molar-refractivity contribution in [2.24, 2.45) is 0 Å². The molecule has 0 atom stereocenters. The maximum atomic E-state index is 12.9. The lowest BCUT2D eigenvalue weighted by Gasteiger charge is -2.04. The highest BCUT2D eigenvalue weighted by Crippen LogP contribution is 2.37. The molecule has 1 aliphatic rings. The fourth-order valence-corrected chi connectivity index (χ4v) is 1.83. The van der Waals surface area contributed by atoms with Gasteiger partial charge in [0.05, 0.1) is 0 Å². The molecule has 0 bridgehead atoms. The van der Waals surface area contributed by atoms with Gasteiger partial charge in [-0.3, -0.25) is 0 Å². The van der Waals surface area contributed by atoms with E-state index in [2.05, 4.69) is 0 Å². The molecule has 1 aromatic rings. The van der Waals surface area contributed by atoms with E-state index in [0.717, 1.165) is 0 Å². The third-order valence-corrected chi connectivity index (χ3v) is 2.45. The van der Waals surface area contributed by atoms with Crippen LogP contribution in [0.4, 0.5) is 8.78 Å². The lowest BCUT2D eigenvalue weighted by Crippen LogP contribution is -2.14. The molecule has 0 fully saturated rings. The third kappa shape index (κ3) is 1.20. The van der Waals surface area contributed by atoms with Gasteiger partial charge in [-0.25, -0.2) is 8.78 Å². The van der Waals surface area contributed by atoms with Gasteiger partial charge in [-0.15, -0.1) is 0 Å². The van der Waals surface area contributed by atoms with E-state index in [0.29, 0.717) is 16.1 Å². The minimum absolute atomic E-state index is 0.164. The van der Waals surface area contributed by atoms with Crippen LogP contribution in [0, 0.1) is 0 Å². The summed E-state index contributed by atoms with van der Waals surface area (Å²) in [5, 5.41) is 0.463. The first-order valence-corrected chi connectivity index (χ1v) is 4.10. The highest BCUT2D eigenvalue weighted by molar-refractivity contribution is 6.31. The summed E-state index contributed by atoms with van der Waals surface area (Å²) in [6, 6.07) is 5.08. The second-order valence-corrected chi connectivity index (χ2v) is 3.49. The van der Waals surface area contributed by atoms with Crippen molar-refractivity contribution in [3.63, 3.8) is 0 Å². The van der Waals surface area contributed by atoms with Gasteiger partial charge in [-0.05, 0) is 17.2 Å². The number of benzene rings is 1. The summed E-state index contributed by atoms with van der Waals surface area (Å²) in [5.74, 6) is -2.59. The Balaban J connectivity index is 2.48. The number of halogens is 3. The van der Waals surface area contributed by atoms with Gasteiger partial charge < -0.3 is 0 Å². The summed E-state index contributed by atoms with van der Waals surface area (Å²) in [4.78, 5) is 0. The van der Waals surface area contributed by atoms with Crippen LogP contribution in [0.5, 0.6) is 0 Å². The normalized spacial score (nSPS) is 19.2. The van der Waals surface area contributed by atoms with Gasteiger partial charge >= 0.3 is 0 Å². The summed E-state index contributed by atoms with van der Waals surface area (Å²) in [7, 11) is 0. The average Bonchev–Trinajstić information content (AvgIpc) is 2.25. The first-order chi connectivity index (χ1) is 5.58. The molecule has 0 nitrogen and oxygen atoms in total. The van der Waals surface area contributed by atoms with E-state index in [1.165, 1.54) is 0 Å². The van der Waals surface area contributed by atoms with Crippen molar-refractivity contribution in [2.45, 2.75) is 18.8 Å². The molecule has 0 heterocycles. The fraction of sp³-hybridized carbons (Fsp3) is 0.333. The molecule has 2 rings (SSSR count). The number of fused-ring (bicyclic) bond motifs is 1. The van der Waals surface area contributed by atoms with Crippen LogP contribution in [0.15, 0.2) is 18.2 Å². The third-order valence-electron chi connectivity index (χ3n) is 2.10. The molecule has 0 N–H and O–H groups in total. The van der Waals surface area contributed by atoms with E-state index in [-0.39, 0.29) is 12.8 Å². The van der Waals surface area contributed by atoms with Gasteiger partial charge in [0.25, 0.3) is 5.92 Å². The van der Waals surface area contributed by atoms with Crippen LogP contribution >= 0.6 is 11.6 Å². The Kier molecular flexibility index (Phi) is 1.62. The number of alkyl halides is 2. The zero-order valence-corrected chi connectivity index (χ0v) is 7.04. The standard InChI is InChI=1S/C9H7ClF2/c10-8-3-1-2-6-4-9(11,12)5-7(6)8/h1-3H,4-5H2. The minimum Gasteiger partial charge on any atom is -0.206 e. The molecule has 1 aromatic carbocycles. The van der Waals surface area contributed by atoms with Crippen LogP contribution in [0.25, 0.3) is 0 Å². The molecule has 0 saturated heterocycles. The Morgan fingerprint density at radius 2 is 2.00 bits per heavy atom. The Labute approximate surface area is 74.2 Å². The topological polar surface area (TPSA) is 0 Å². The zero-order chi connectivity index (χ0) is 8.77. The van der Waals surface area contributed by atoms with Crippen LogP contribution in [0.3, 0.4) is 0 Å². The largest absolute Gasteiger partial charge is 0.256 e. The van der Waals surface area contributed by atoms with Gasteiger partial charge in [0.1, 0.15) is 0 Å². The summed E-state index contributed by atoms with van der Waals surface area (Å²) >= 11 is 5.76. The summed E-state index contributed by atoms with van der Waals surface area (Å²) < 4.78 is 25.7. The molecule has 3 heteroatoms. The second kappa shape index (κ2) is 2.43. The monoisotopic (exact) mass is 188 g/mol. The van der Waals surface area contributed by atoms with Crippen molar-refractivity contribution in [3.05, 3.63) is 34.3 Å². The quantitative estimate of drug-likeness (QED) is 0.587. The van der Waals surface area contributed by atoms with E-state index in [4.69, 9.17) is 11.6 Å². The van der Waals surface area contributed by atoms with Crippen molar-refractivity contribution in [2.75, 3.05) is 0 Å².